The highest BCUT2D eigenvalue weighted by Crippen LogP contribution is 2.35. The Hall–Kier alpha value is -0.310. The Labute approximate surface area is 113 Å². The third-order valence-corrected chi connectivity index (χ3v) is 5.08. The van der Waals surface area contributed by atoms with Crippen molar-refractivity contribution in [3.05, 3.63) is 56.2 Å². The van der Waals surface area contributed by atoms with E-state index in [9.17, 15) is 0 Å². The Morgan fingerprint density at radius 1 is 1.31 bits per heavy atom. The summed E-state index contributed by atoms with van der Waals surface area (Å²) in [6, 6.07) is 10.4. The van der Waals surface area contributed by atoms with Gasteiger partial charge in [0.2, 0.25) is 0 Å². The predicted molar refractivity (Wildman–Crippen MR) is 75.5 cm³/mol. The number of benzene rings is 1. The van der Waals surface area contributed by atoms with E-state index < -0.39 is 0 Å². The highest BCUT2D eigenvalue weighted by molar-refractivity contribution is 9.10. The number of alkyl halides is 1. The second-order valence-corrected chi connectivity index (χ2v) is 6.06. The lowest BCUT2D eigenvalue weighted by Gasteiger charge is -2.10. The van der Waals surface area contributed by atoms with Gasteiger partial charge in [0.05, 0.1) is 5.38 Å². The van der Waals surface area contributed by atoms with Gasteiger partial charge in [-0.3, -0.25) is 0 Å². The van der Waals surface area contributed by atoms with Crippen LogP contribution in [0.15, 0.2) is 40.2 Å². The van der Waals surface area contributed by atoms with E-state index in [4.69, 9.17) is 11.6 Å². The maximum absolute atomic E-state index is 6.44. The molecule has 2 aromatic rings. The maximum atomic E-state index is 6.44. The number of thiophene rings is 1. The fraction of sp³-hybridized carbons (Fsp3) is 0.231. The van der Waals surface area contributed by atoms with Crippen molar-refractivity contribution in [2.45, 2.75) is 18.7 Å². The van der Waals surface area contributed by atoms with Crippen molar-refractivity contribution in [2.24, 2.45) is 0 Å². The first-order valence-electron chi connectivity index (χ1n) is 5.10. The van der Waals surface area contributed by atoms with Crippen LogP contribution in [0.5, 0.6) is 0 Å². The molecule has 0 radical (unpaired) electrons. The standard InChI is InChI=1S/C13H12BrClS/c1-9-4-2-3-5-10(9)8-12(15)13-11(14)6-7-16-13/h2-7,12H,8H2,1H3. The molecule has 2 rings (SSSR count). The molecule has 84 valence electrons. The van der Waals surface area contributed by atoms with Crippen molar-refractivity contribution in [1.29, 1.82) is 0 Å². The van der Waals surface area contributed by atoms with Crippen molar-refractivity contribution in [1.82, 2.24) is 0 Å². The van der Waals surface area contributed by atoms with Crippen LogP contribution in [0.4, 0.5) is 0 Å². The van der Waals surface area contributed by atoms with E-state index in [1.165, 1.54) is 16.0 Å². The van der Waals surface area contributed by atoms with Gasteiger partial charge in [-0.15, -0.1) is 22.9 Å². The minimum absolute atomic E-state index is 0.0514. The molecule has 1 aromatic carbocycles. The second-order valence-electron chi connectivity index (χ2n) is 3.73. The van der Waals surface area contributed by atoms with Gasteiger partial charge in [0.15, 0.2) is 0 Å². The zero-order chi connectivity index (χ0) is 11.5. The predicted octanol–water partition coefficient (Wildman–Crippen LogP) is 5.34. The Bertz CT molecular complexity index is 478. The first-order chi connectivity index (χ1) is 7.68. The fourth-order valence-electron chi connectivity index (χ4n) is 1.65. The maximum Gasteiger partial charge on any atom is 0.0730 e. The minimum Gasteiger partial charge on any atom is -0.146 e. The minimum atomic E-state index is 0.0514. The number of rotatable bonds is 3. The lowest BCUT2D eigenvalue weighted by atomic mass is 10.0. The summed E-state index contributed by atoms with van der Waals surface area (Å²) in [5.41, 5.74) is 2.63. The van der Waals surface area contributed by atoms with Gasteiger partial charge in [-0.25, -0.2) is 0 Å². The molecule has 0 spiro atoms. The van der Waals surface area contributed by atoms with Gasteiger partial charge in [-0.2, -0.15) is 0 Å². The van der Waals surface area contributed by atoms with E-state index in [1.807, 2.05) is 6.07 Å². The molecular formula is C13H12BrClS. The molecule has 0 aliphatic rings. The third-order valence-electron chi connectivity index (χ3n) is 2.59. The molecule has 3 heteroatoms. The fourth-order valence-corrected chi connectivity index (χ4v) is 3.85. The van der Waals surface area contributed by atoms with Crippen molar-refractivity contribution in [3.8, 4) is 0 Å². The first kappa shape index (κ1) is 12.2. The lowest BCUT2D eigenvalue weighted by Crippen LogP contribution is -1.96. The van der Waals surface area contributed by atoms with Gasteiger partial charge in [-0.1, -0.05) is 24.3 Å². The van der Waals surface area contributed by atoms with E-state index >= 15 is 0 Å². The zero-order valence-electron chi connectivity index (χ0n) is 8.91. The summed E-state index contributed by atoms with van der Waals surface area (Å²) in [7, 11) is 0. The van der Waals surface area contributed by atoms with Gasteiger partial charge in [0.1, 0.15) is 0 Å². The average molecular weight is 316 g/mol. The van der Waals surface area contributed by atoms with Crippen LogP contribution in [-0.4, -0.2) is 0 Å². The van der Waals surface area contributed by atoms with Crippen LogP contribution >= 0.6 is 38.9 Å². The summed E-state index contributed by atoms with van der Waals surface area (Å²) in [5, 5.41) is 2.11. The summed E-state index contributed by atoms with van der Waals surface area (Å²) in [6.45, 7) is 2.13. The molecule has 0 nitrogen and oxygen atoms in total. The highest BCUT2D eigenvalue weighted by Gasteiger charge is 2.14. The molecule has 0 saturated carbocycles. The van der Waals surface area contributed by atoms with Crippen molar-refractivity contribution in [3.63, 3.8) is 0 Å². The second kappa shape index (κ2) is 5.35. The summed E-state index contributed by atoms with van der Waals surface area (Å²) in [6.07, 6.45) is 0.882. The van der Waals surface area contributed by atoms with Crippen LogP contribution in [0.25, 0.3) is 0 Å². The third kappa shape index (κ3) is 2.68. The summed E-state index contributed by atoms with van der Waals surface area (Å²) in [4.78, 5) is 1.21. The summed E-state index contributed by atoms with van der Waals surface area (Å²) >= 11 is 11.7. The molecule has 0 bridgehead atoms. The molecule has 1 unspecified atom stereocenters. The number of hydrogen-bond acceptors (Lipinski definition) is 1. The molecular weight excluding hydrogens is 304 g/mol. The Balaban J connectivity index is 2.17. The molecule has 0 N–H and O–H groups in total. The van der Waals surface area contributed by atoms with Crippen LogP contribution in [0, 0.1) is 6.92 Å². The smallest absolute Gasteiger partial charge is 0.0730 e. The molecule has 1 aromatic heterocycles. The van der Waals surface area contributed by atoms with Crippen LogP contribution in [0.3, 0.4) is 0 Å². The molecule has 0 amide bonds. The molecule has 1 heterocycles. The van der Waals surface area contributed by atoms with Gasteiger partial charge in [0, 0.05) is 9.35 Å². The SMILES string of the molecule is Cc1ccccc1CC(Cl)c1sccc1Br. The molecule has 0 aliphatic carbocycles. The quantitative estimate of drug-likeness (QED) is 0.670. The van der Waals surface area contributed by atoms with E-state index in [1.54, 1.807) is 11.3 Å². The van der Waals surface area contributed by atoms with E-state index in [-0.39, 0.29) is 5.38 Å². The number of halogens is 2. The topological polar surface area (TPSA) is 0 Å². The van der Waals surface area contributed by atoms with Gasteiger partial charge in [-0.05, 0) is 51.8 Å². The highest BCUT2D eigenvalue weighted by atomic mass is 79.9. The normalized spacial score (nSPS) is 12.7. The number of aryl methyl sites for hydroxylation is 1. The Morgan fingerprint density at radius 3 is 2.69 bits per heavy atom. The van der Waals surface area contributed by atoms with Crippen LogP contribution < -0.4 is 0 Å². The van der Waals surface area contributed by atoms with Crippen molar-refractivity contribution < 1.29 is 0 Å². The zero-order valence-corrected chi connectivity index (χ0v) is 12.1. The largest absolute Gasteiger partial charge is 0.146 e. The van der Waals surface area contributed by atoms with Crippen molar-refractivity contribution in [2.75, 3.05) is 0 Å². The van der Waals surface area contributed by atoms with E-state index in [2.05, 4.69) is 52.5 Å². The lowest BCUT2D eigenvalue weighted by molar-refractivity contribution is 0.926. The first-order valence-corrected chi connectivity index (χ1v) is 7.21. The average Bonchev–Trinajstić information content (AvgIpc) is 2.68. The Kier molecular flexibility index (Phi) is 4.06. The van der Waals surface area contributed by atoms with Gasteiger partial charge < -0.3 is 0 Å². The van der Waals surface area contributed by atoms with Crippen LogP contribution in [0.1, 0.15) is 21.4 Å². The Morgan fingerprint density at radius 2 is 2.06 bits per heavy atom. The van der Waals surface area contributed by atoms with E-state index in [0.717, 1.165) is 10.9 Å². The van der Waals surface area contributed by atoms with Crippen LogP contribution in [0.2, 0.25) is 0 Å². The van der Waals surface area contributed by atoms with E-state index in [0.29, 0.717) is 0 Å². The number of hydrogen-bond donors (Lipinski definition) is 0. The van der Waals surface area contributed by atoms with Crippen molar-refractivity contribution >= 4 is 38.9 Å². The summed E-state index contributed by atoms with van der Waals surface area (Å²) in [5.74, 6) is 0. The van der Waals surface area contributed by atoms with Crippen LogP contribution in [-0.2, 0) is 6.42 Å². The van der Waals surface area contributed by atoms with Gasteiger partial charge >= 0.3 is 0 Å². The molecule has 0 fully saturated rings. The summed E-state index contributed by atoms with van der Waals surface area (Å²) < 4.78 is 1.12. The monoisotopic (exact) mass is 314 g/mol. The molecule has 16 heavy (non-hydrogen) atoms. The molecule has 1 atom stereocenters. The molecule has 0 aliphatic heterocycles. The molecule has 0 saturated heterocycles. The van der Waals surface area contributed by atoms with Gasteiger partial charge in [0.25, 0.3) is 0 Å².